The molecule has 0 saturated carbocycles. The van der Waals surface area contributed by atoms with Gasteiger partial charge >= 0.3 is 0 Å². The number of aromatic nitrogens is 1. The molecule has 174 valence electrons. The Labute approximate surface area is 199 Å². The van der Waals surface area contributed by atoms with Crippen LogP contribution in [0.1, 0.15) is 46.6 Å². The molecule has 1 spiro atoms. The van der Waals surface area contributed by atoms with E-state index in [2.05, 4.69) is 44.8 Å². The van der Waals surface area contributed by atoms with Gasteiger partial charge < -0.3 is 21.3 Å². The van der Waals surface area contributed by atoms with E-state index in [0.29, 0.717) is 22.5 Å². The summed E-state index contributed by atoms with van der Waals surface area (Å²) in [5, 5.41) is 7.48. The molecular formula is C26H33N5OS. The first-order valence-corrected chi connectivity index (χ1v) is 12.8. The molecule has 0 bridgehead atoms. The number of piperidine rings is 2. The second kappa shape index (κ2) is 9.31. The van der Waals surface area contributed by atoms with Gasteiger partial charge in [-0.25, -0.2) is 4.98 Å². The topological polar surface area (TPSA) is 83.3 Å². The van der Waals surface area contributed by atoms with Crippen LogP contribution in [0, 0.1) is 12.3 Å². The Morgan fingerprint density at radius 3 is 2.70 bits per heavy atom. The van der Waals surface area contributed by atoms with Gasteiger partial charge in [0.15, 0.2) is 0 Å². The number of hydrogen-bond donors (Lipinski definition) is 3. The number of aryl methyl sites for hydroxylation is 1. The van der Waals surface area contributed by atoms with E-state index in [1.807, 2.05) is 19.1 Å². The molecule has 2 saturated heterocycles. The van der Waals surface area contributed by atoms with Crippen LogP contribution in [-0.2, 0) is 6.42 Å². The lowest BCUT2D eigenvalue weighted by molar-refractivity contribution is 0.0959. The number of thiophene rings is 1. The lowest BCUT2D eigenvalue weighted by Crippen LogP contribution is -2.48. The summed E-state index contributed by atoms with van der Waals surface area (Å²) in [5.41, 5.74) is 10.7. The number of rotatable bonds is 5. The number of anilines is 2. The van der Waals surface area contributed by atoms with Gasteiger partial charge in [0.05, 0.1) is 5.69 Å². The highest BCUT2D eigenvalue weighted by atomic mass is 32.1. The zero-order chi connectivity index (χ0) is 22.8. The molecule has 0 radical (unpaired) electrons. The summed E-state index contributed by atoms with van der Waals surface area (Å²) in [5.74, 6) is -0.121. The van der Waals surface area contributed by atoms with E-state index in [0.717, 1.165) is 35.4 Å². The lowest BCUT2D eigenvalue weighted by atomic mass is 9.73. The maximum Gasteiger partial charge on any atom is 0.263 e. The molecule has 4 N–H and O–H groups in total. The Hall–Kier alpha value is -2.64. The third-order valence-corrected chi connectivity index (χ3v) is 8.44. The van der Waals surface area contributed by atoms with Crippen molar-refractivity contribution in [3.05, 3.63) is 52.5 Å². The number of nitrogens with one attached hydrogen (secondary N) is 2. The van der Waals surface area contributed by atoms with Crippen LogP contribution in [0.3, 0.4) is 0 Å². The molecule has 0 unspecified atom stereocenters. The Bertz CT molecular complexity index is 1120. The number of nitrogens with two attached hydrogens (primary N) is 1. The molecule has 2 aliphatic rings. The van der Waals surface area contributed by atoms with E-state index in [9.17, 15) is 4.79 Å². The number of amides is 1. The van der Waals surface area contributed by atoms with Gasteiger partial charge in [-0.1, -0.05) is 12.1 Å². The molecule has 4 heterocycles. The van der Waals surface area contributed by atoms with Gasteiger partial charge in [0.2, 0.25) is 0 Å². The first-order chi connectivity index (χ1) is 16.0. The van der Waals surface area contributed by atoms with Crippen molar-refractivity contribution >= 4 is 38.8 Å². The van der Waals surface area contributed by atoms with Gasteiger partial charge in [0.25, 0.3) is 5.91 Å². The third-order valence-electron chi connectivity index (χ3n) is 7.32. The highest BCUT2D eigenvalue weighted by Gasteiger charge is 2.35. The number of nitrogen functional groups attached to an aromatic ring is 1. The SMILES string of the molecule is Cc1ccc2c(N)c(C(=O)NCCc3ccc(N4CCC5(CCCNC5)CC4)cc3)sc2n1. The van der Waals surface area contributed by atoms with E-state index in [1.54, 1.807) is 0 Å². The van der Waals surface area contributed by atoms with Crippen LogP contribution in [0.25, 0.3) is 10.2 Å². The average Bonchev–Trinajstić information content (AvgIpc) is 3.16. The number of fused-ring (bicyclic) bond motifs is 1. The summed E-state index contributed by atoms with van der Waals surface area (Å²) < 4.78 is 0. The molecular weight excluding hydrogens is 430 g/mol. The van der Waals surface area contributed by atoms with E-state index in [-0.39, 0.29) is 5.91 Å². The van der Waals surface area contributed by atoms with Gasteiger partial charge in [-0.05, 0) is 80.8 Å². The molecule has 1 amide bonds. The van der Waals surface area contributed by atoms with E-state index in [4.69, 9.17) is 5.73 Å². The Balaban J connectivity index is 1.13. The number of carbonyl (C=O) groups excluding carboxylic acids is 1. The zero-order valence-electron chi connectivity index (χ0n) is 19.3. The van der Waals surface area contributed by atoms with Gasteiger partial charge in [-0.2, -0.15) is 0 Å². The monoisotopic (exact) mass is 463 g/mol. The standard InChI is InChI=1S/C26H33N5OS/c1-18-3-8-21-22(27)23(33-25(21)30-18)24(32)29-14-9-19-4-6-20(7-5-19)31-15-11-26(12-16-31)10-2-13-28-17-26/h3-8,28H,2,9-17,27H2,1H3,(H,29,32). The zero-order valence-corrected chi connectivity index (χ0v) is 20.1. The first kappa shape index (κ1) is 22.2. The minimum Gasteiger partial charge on any atom is -0.397 e. The van der Waals surface area contributed by atoms with Gasteiger partial charge in [-0.15, -0.1) is 11.3 Å². The van der Waals surface area contributed by atoms with Crippen molar-refractivity contribution in [1.82, 2.24) is 15.6 Å². The van der Waals surface area contributed by atoms with Crippen molar-refractivity contribution in [3.8, 4) is 0 Å². The second-order valence-corrected chi connectivity index (χ2v) is 10.6. The van der Waals surface area contributed by atoms with Gasteiger partial charge in [-0.3, -0.25) is 4.79 Å². The summed E-state index contributed by atoms with van der Waals surface area (Å²) in [6, 6.07) is 12.7. The largest absolute Gasteiger partial charge is 0.397 e. The number of benzene rings is 1. The minimum absolute atomic E-state index is 0.121. The van der Waals surface area contributed by atoms with Crippen LogP contribution < -0.4 is 21.3 Å². The molecule has 0 atom stereocenters. The molecule has 2 aliphatic heterocycles. The number of pyridine rings is 1. The van der Waals surface area contributed by atoms with Crippen molar-refractivity contribution < 1.29 is 4.79 Å². The van der Waals surface area contributed by atoms with E-state index in [1.165, 1.54) is 61.4 Å². The molecule has 33 heavy (non-hydrogen) atoms. The van der Waals surface area contributed by atoms with E-state index >= 15 is 0 Å². The van der Waals surface area contributed by atoms with Crippen LogP contribution in [0.5, 0.6) is 0 Å². The summed E-state index contributed by atoms with van der Waals surface area (Å²) in [6.45, 7) is 7.18. The van der Waals surface area contributed by atoms with Crippen LogP contribution in [-0.4, -0.2) is 43.6 Å². The number of hydrogen-bond acceptors (Lipinski definition) is 6. The lowest BCUT2D eigenvalue weighted by Gasteiger charge is -2.45. The van der Waals surface area contributed by atoms with Crippen molar-refractivity contribution in [1.29, 1.82) is 0 Å². The average molecular weight is 464 g/mol. The molecule has 1 aromatic carbocycles. The van der Waals surface area contributed by atoms with Crippen molar-refractivity contribution in [2.24, 2.45) is 5.41 Å². The molecule has 3 aromatic rings. The number of nitrogens with zero attached hydrogens (tertiary/aromatic N) is 2. The van der Waals surface area contributed by atoms with E-state index < -0.39 is 0 Å². The Morgan fingerprint density at radius 1 is 1.18 bits per heavy atom. The number of carbonyl (C=O) groups is 1. The van der Waals surface area contributed by atoms with Crippen LogP contribution >= 0.6 is 11.3 Å². The molecule has 2 aromatic heterocycles. The smallest absolute Gasteiger partial charge is 0.263 e. The molecule has 5 rings (SSSR count). The molecule has 0 aliphatic carbocycles. The highest BCUT2D eigenvalue weighted by Crippen LogP contribution is 2.38. The van der Waals surface area contributed by atoms with Crippen molar-refractivity contribution in [3.63, 3.8) is 0 Å². The fourth-order valence-corrected chi connectivity index (χ4v) is 6.28. The minimum atomic E-state index is -0.121. The maximum absolute atomic E-state index is 12.7. The predicted octanol–water partition coefficient (Wildman–Crippen LogP) is 4.13. The van der Waals surface area contributed by atoms with Gasteiger partial charge in [0.1, 0.15) is 9.71 Å². The van der Waals surface area contributed by atoms with Gasteiger partial charge in [0, 0.05) is 42.9 Å². The van der Waals surface area contributed by atoms with Crippen molar-refractivity contribution in [2.45, 2.75) is 39.0 Å². The van der Waals surface area contributed by atoms with Crippen LogP contribution in [0.4, 0.5) is 11.4 Å². The Kier molecular flexibility index (Phi) is 6.25. The van der Waals surface area contributed by atoms with Crippen LogP contribution in [0.2, 0.25) is 0 Å². The van der Waals surface area contributed by atoms with Crippen LogP contribution in [0.15, 0.2) is 36.4 Å². The third kappa shape index (κ3) is 4.70. The molecule has 7 heteroatoms. The summed E-state index contributed by atoms with van der Waals surface area (Å²) in [4.78, 5) is 21.1. The first-order valence-electron chi connectivity index (χ1n) is 12.0. The van der Waals surface area contributed by atoms with Crippen molar-refractivity contribution in [2.75, 3.05) is 43.4 Å². The normalized spacial score (nSPS) is 18.0. The second-order valence-electron chi connectivity index (χ2n) is 9.59. The highest BCUT2D eigenvalue weighted by molar-refractivity contribution is 7.21. The Morgan fingerprint density at radius 2 is 1.97 bits per heavy atom. The molecule has 6 nitrogen and oxygen atoms in total. The quantitative estimate of drug-likeness (QED) is 0.530. The fourth-order valence-electron chi connectivity index (χ4n) is 5.23. The summed E-state index contributed by atoms with van der Waals surface area (Å²) >= 11 is 1.36. The summed E-state index contributed by atoms with van der Waals surface area (Å²) in [7, 11) is 0. The molecule has 2 fully saturated rings. The fraction of sp³-hybridized carbons (Fsp3) is 0.462. The maximum atomic E-state index is 12.7. The predicted molar refractivity (Wildman–Crippen MR) is 137 cm³/mol. The summed E-state index contributed by atoms with van der Waals surface area (Å²) in [6.07, 6.45) is 6.05.